The summed E-state index contributed by atoms with van der Waals surface area (Å²) in [5.74, 6) is 0.568. The highest BCUT2D eigenvalue weighted by Crippen LogP contribution is 2.32. The van der Waals surface area contributed by atoms with E-state index in [-0.39, 0.29) is 16.7 Å². The zero-order chi connectivity index (χ0) is 21.0. The summed E-state index contributed by atoms with van der Waals surface area (Å²) in [5, 5.41) is 3.40. The van der Waals surface area contributed by atoms with E-state index >= 15 is 0 Å². The molecule has 2 aromatic rings. The summed E-state index contributed by atoms with van der Waals surface area (Å²) in [6, 6.07) is 11.9. The van der Waals surface area contributed by atoms with E-state index in [9.17, 15) is 12.8 Å². The summed E-state index contributed by atoms with van der Waals surface area (Å²) in [6.07, 6.45) is 3.85. The Morgan fingerprint density at radius 3 is 2.63 bits per heavy atom. The minimum absolute atomic E-state index is 0.0900. The Bertz CT molecular complexity index is 957. The van der Waals surface area contributed by atoms with Crippen LogP contribution in [0.2, 0.25) is 0 Å². The van der Waals surface area contributed by atoms with Gasteiger partial charge in [0.25, 0.3) is 0 Å². The number of sulfone groups is 1. The van der Waals surface area contributed by atoms with Crippen LogP contribution in [0.25, 0.3) is 0 Å². The molecular formula is C23H29FN2O3S. The topological polar surface area (TPSA) is 58.6 Å². The van der Waals surface area contributed by atoms with Crippen molar-refractivity contribution in [3.63, 3.8) is 0 Å². The normalized spacial score (nSPS) is 20.8. The van der Waals surface area contributed by atoms with Crippen molar-refractivity contribution in [1.29, 1.82) is 0 Å². The molecule has 0 aromatic heterocycles. The molecule has 0 radical (unpaired) electrons. The van der Waals surface area contributed by atoms with E-state index in [1.54, 1.807) is 0 Å². The van der Waals surface area contributed by atoms with Gasteiger partial charge in [0.15, 0.2) is 9.84 Å². The van der Waals surface area contributed by atoms with Crippen molar-refractivity contribution < 1.29 is 17.5 Å². The second kappa shape index (κ2) is 9.45. The standard InChI is InChI=1S/C23H29FN2O3S/c24-19-5-8-23-21(17-19)22(10-16-30(23,27)28)25-11-9-18-3-6-20(7-4-18)29-15-14-26-12-1-2-13-26/h3-8,17,22,25H,1-2,9-16H2/t22-/m0/s1. The summed E-state index contributed by atoms with van der Waals surface area (Å²) in [6.45, 7) is 4.74. The number of hydrogen-bond donors (Lipinski definition) is 1. The molecule has 1 N–H and O–H groups in total. The second-order valence-corrected chi connectivity index (χ2v) is 10.2. The number of benzene rings is 2. The largest absolute Gasteiger partial charge is 0.492 e. The molecule has 2 heterocycles. The number of fused-ring (bicyclic) bond motifs is 1. The highest BCUT2D eigenvalue weighted by molar-refractivity contribution is 7.91. The fourth-order valence-electron chi connectivity index (χ4n) is 4.27. The van der Waals surface area contributed by atoms with Gasteiger partial charge in [-0.25, -0.2) is 12.8 Å². The minimum atomic E-state index is -3.31. The first-order valence-corrected chi connectivity index (χ1v) is 12.4. The smallest absolute Gasteiger partial charge is 0.178 e. The van der Waals surface area contributed by atoms with Gasteiger partial charge in [0.05, 0.1) is 10.6 Å². The van der Waals surface area contributed by atoms with Crippen LogP contribution in [-0.4, -0.2) is 51.9 Å². The first-order valence-electron chi connectivity index (χ1n) is 10.7. The molecule has 0 bridgehead atoms. The third kappa shape index (κ3) is 5.20. The van der Waals surface area contributed by atoms with E-state index in [0.717, 1.165) is 18.7 Å². The number of nitrogens with one attached hydrogen (secondary N) is 1. The van der Waals surface area contributed by atoms with Crippen molar-refractivity contribution in [3.05, 3.63) is 59.4 Å². The molecule has 0 spiro atoms. The second-order valence-electron chi connectivity index (χ2n) is 8.09. The number of hydrogen-bond acceptors (Lipinski definition) is 5. The highest BCUT2D eigenvalue weighted by atomic mass is 32.2. The van der Waals surface area contributed by atoms with Crippen LogP contribution in [0.5, 0.6) is 5.75 Å². The van der Waals surface area contributed by atoms with E-state index in [1.165, 1.54) is 49.7 Å². The number of likely N-dealkylation sites (tertiary alicyclic amines) is 1. The van der Waals surface area contributed by atoms with Gasteiger partial charge in [-0.05, 0) is 86.8 Å². The molecule has 2 aliphatic rings. The number of ether oxygens (including phenoxy) is 1. The van der Waals surface area contributed by atoms with Crippen LogP contribution in [0.15, 0.2) is 47.4 Å². The van der Waals surface area contributed by atoms with Crippen LogP contribution in [0, 0.1) is 5.82 Å². The molecule has 1 saturated heterocycles. The minimum Gasteiger partial charge on any atom is -0.492 e. The van der Waals surface area contributed by atoms with Gasteiger partial charge in [-0.2, -0.15) is 0 Å². The predicted molar refractivity (Wildman–Crippen MR) is 115 cm³/mol. The summed E-state index contributed by atoms with van der Waals surface area (Å²) >= 11 is 0. The third-order valence-corrected chi connectivity index (χ3v) is 7.78. The van der Waals surface area contributed by atoms with Crippen molar-refractivity contribution in [1.82, 2.24) is 10.2 Å². The summed E-state index contributed by atoms with van der Waals surface area (Å²) in [4.78, 5) is 2.68. The maximum absolute atomic E-state index is 13.7. The summed E-state index contributed by atoms with van der Waals surface area (Å²) < 4.78 is 44.0. The maximum Gasteiger partial charge on any atom is 0.178 e. The molecule has 1 fully saturated rings. The molecule has 2 aromatic carbocycles. The van der Waals surface area contributed by atoms with Crippen LogP contribution >= 0.6 is 0 Å². The van der Waals surface area contributed by atoms with Gasteiger partial charge in [0.2, 0.25) is 0 Å². The summed E-state index contributed by atoms with van der Waals surface area (Å²) in [7, 11) is -3.31. The number of rotatable bonds is 8. The summed E-state index contributed by atoms with van der Waals surface area (Å²) in [5.41, 5.74) is 1.72. The number of halogens is 1. The average molecular weight is 433 g/mol. The van der Waals surface area contributed by atoms with Crippen molar-refractivity contribution in [2.75, 3.05) is 38.5 Å². The molecule has 1 atom stereocenters. The van der Waals surface area contributed by atoms with Crippen LogP contribution in [0.1, 0.15) is 36.4 Å². The van der Waals surface area contributed by atoms with E-state index in [1.807, 2.05) is 12.1 Å². The zero-order valence-corrected chi connectivity index (χ0v) is 18.0. The van der Waals surface area contributed by atoms with Gasteiger partial charge >= 0.3 is 0 Å². The van der Waals surface area contributed by atoms with E-state index in [4.69, 9.17) is 4.74 Å². The molecule has 7 heteroatoms. The van der Waals surface area contributed by atoms with E-state index < -0.39 is 15.7 Å². The van der Waals surface area contributed by atoms with Gasteiger partial charge in [-0.3, -0.25) is 4.90 Å². The Balaban J connectivity index is 1.27. The zero-order valence-electron chi connectivity index (χ0n) is 17.1. The van der Waals surface area contributed by atoms with Crippen LogP contribution in [0.4, 0.5) is 4.39 Å². The van der Waals surface area contributed by atoms with Crippen LogP contribution in [0.3, 0.4) is 0 Å². The van der Waals surface area contributed by atoms with Gasteiger partial charge in [0.1, 0.15) is 18.2 Å². The van der Waals surface area contributed by atoms with Crippen molar-refractivity contribution in [2.24, 2.45) is 0 Å². The first-order chi connectivity index (χ1) is 14.5. The predicted octanol–water partition coefficient (Wildman–Crippen LogP) is 3.35. The molecule has 4 rings (SSSR count). The van der Waals surface area contributed by atoms with Gasteiger partial charge in [0, 0.05) is 12.6 Å². The Hall–Kier alpha value is -1.96. The Morgan fingerprint density at radius 2 is 1.87 bits per heavy atom. The fourth-order valence-corrected chi connectivity index (χ4v) is 5.87. The lowest BCUT2D eigenvalue weighted by Gasteiger charge is -2.26. The lowest BCUT2D eigenvalue weighted by Crippen LogP contribution is -2.31. The Morgan fingerprint density at radius 1 is 1.10 bits per heavy atom. The molecule has 162 valence electrons. The SMILES string of the molecule is O=S1(=O)CC[C@H](NCCc2ccc(OCCN3CCCC3)cc2)c2cc(F)ccc21. The molecule has 5 nitrogen and oxygen atoms in total. The van der Waals surface area contributed by atoms with Gasteiger partial charge in [-0.15, -0.1) is 0 Å². The Kier molecular flexibility index (Phi) is 6.71. The van der Waals surface area contributed by atoms with Crippen molar-refractivity contribution in [3.8, 4) is 5.75 Å². The average Bonchev–Trinajstić information content (AvgIpc) is 3.24. The van der Waals surface area contributed by atoms with Crippen LogP contribution < -0.4 is 10.1 Å². The molecular weight excluding hydrogens is 403 g/mol. The van der Waals surface area contributed by atoms with Crippen molar-refractivity contribution in [2.45, 2.75) is 36.6 Å². The fraction of sp³-hybridized carbons (Fsp3) is 0.478. The quantitative estimate of drug-likeness (QED) is 0.649. The molecule has 0 aliphatic carbocycles. The molecule has 2 aliphatic heterocycles. The number of nitrogens with zero attached hydrogens (tertiary/aromatic N) is 1. The molecule has 30 heavy (non-hydrogen) atoms. The van der Waals surface area contributed by atoms with Gasteiger partial charge < -0.3 is 10.1 Å². The van der Waals surface area contributed by atoms with Gasteiger partial charge in [-0.1, -0.05) is 12.1 Å². The van der Waals surface area contributed by atoms with E-state index in [2.05, 4.69) is 22.3 Å². The van der Waals surface area contributed by atoms with Crippen molar-refractivity contribution >= 4 is 9.84 Å². The molecule has 0 amide bonds. The highest BCUT2D eigenvalue weighted by Gasteiger charge is 2.30. The lowest BCUT2D eigenvalue weighted by atomic mass is 10.0. The molecule has 0 unspecified atom stereocenters. The molecule has 0 saturated carbocycles. The maximum atomic E-state index is 13.7. The third-order valence-electron chi connectivity index (χ3n) is 5.96. The Labute approximate surface area is 178 Å². The lowest BCUT2D eigenvalue weighted by molar-refractivity contribution is 0.238. The van der Waals surface area contributed by atoms with E-state index in [0.29, 0.717) is 25.1 Å². The first kappa shape index (κ1) is 21.3. The monoisotopic (exact) mass is 432 g/mol. The van der Waals surface area contributed by atoms with Crippen LogP contribution in [-0.2, 0) is 16.3 Å².